The first kappa shape index (κ1) is 15.4. The van der Waals surface area contributed by atoms with Crippen molar-refractivity contribution in [1.82, 2.24) is 0 Å². The van der Waals surface area contributed by atoms with E-state index in [1.54, 1.807) is 0 Å². The van der Waals surface area contributed by atoms with E-state index in [1.807, 2.05) is 6.92 Å². The maximum Gasteiger partial charge on any atom is 0.122 e. The van der Waals surface area contributed by atoms with Crippen LogP contribution in [-0.2, 0) is 0 Å². The molecule has 0 nitrogen and oxygen atoms in total. The average molecular weight is 379 g/mol. The molecule has 2 bridgehead atoms. The lowest BCUT2D eigenvalue weighted by Gasteiger charge is -2.44. The minimum atomic E-state index is -0.926. The minimum absolute atomic E-state index is 0.110. The van der Waals surface area contributed by atoms with Gasteiger partial charge in [0.2, 0.25) is 0 Å². The van der Waals surface area contributed by atoms with Crippen LogP contribution in [0.25, 0.3) is 0 Å². The third-order valence-corrected chi connectivity index (χ3v) is 7.66. The van der Waals surface area contributed by atoms with Crippen LogP contribution in [0, 0.1) is 16.7 Å². The van der Waals surface area contributed by atoms with Gasteiger partial charge in [0.25, 0.3) is 0 Å². The van der Waals surface area contributed by atoms with Crippen LogP contribution in [0.15, 0.2) is 0 Å². The molecule has 2 aliphatic carbocycles. The summed E-state index contributed by atoms with van der Waals surface area (Å²) < 4.78 is -0.926. The summed E-state index contributed by atoms with van der Waals surface area (Å²) in [6.45, 7) is 1.93. The molecule has 17 heavy (non-hydrogen) atoms. The fourth-order valence-corrected chi connectivity index (χ4v) is 7.01. The van der Waals surface area contributed by atoms with E-state index in [4.69, 9.17) is 81.2 Å². The van der Waals surface area contributed by atoms with Crippen molar-refractivity contribution in [2.24, 2.45) is 16.7 Å². The van der Waals surface area contributed by atoms with E-state index in [0.29, 0.717) is 12.8 Å². The minimum Gasteiger partial charge on any atom is -0.122 e. The Morgan fingerprint density at radius 1 is 1.06 bits per heavy atom. The van der Waals surface area contributed by atoms with Crippen LogP contribution in [-0.4, -0.2) is 19.4 Å². The van der Waals surface area contributed by atoms with Gasteiger partial charge in [-0.3, -0.25) is 0 Å². The number of hydrogen-bond donors (Lipinski definition) is 0. The summed E-state index contributed by atoms with van der Waals surface area (Å²) in [6, 6.07) is 0. The molecular weight excluding hydrogens is 368 g/mol. The normalized spacial score (nSPS) is 48.4. The summed E-state index contributed by atoms with van der Waals surface area (Å²) in [5.41, 5.74) is -1.24. The van der Waals surface area contributed by atoms with Gasteiger partial charge in [-0.15, -0.1) is 81.2 Å². The third-order valence-electron chi connectivity index (χ3n) is 4.61. The predicted molar refractivity (Wildman–Crippen MR) is 78.3 cm³/mol. The molecule has 100 valence electrons. The molecule has 0 radical (unpaired) electrons. The second-order valence-corrected chi connectivity index (χ2v) is 9.38. The maximum absolute atomic E-state index is 6.41. The highest BCUT2D eigenvalue weighted by molar-refractivity contribution is 6.51. The Bertz CT molecular complexity index is 329. The van der Waals surface area contributed by atoms with Gasteiger partial charge in [-0.25, -0.2) is 0 Å². The van der Waals surface area contributed by atoms with Gasteiger partial charge in [0, 0.05) is 22.1 Å². The van der Waals surface area contributed by atoms with Crippen LogP contribution < -0.4 is 0 Å². The standard InChI is InChI=1S/C10H11Cl7/c1-8(6(12)13)4-2-5(11)9(8,7(14)15)3-10(4,16)17/h4-7H,2-3H2,1H3/t4-,5-,8?,9+/m0/s1. The van der Waals surface area contributed by atoms with Crippen molar-refractivity contribution in [2.75, 3.05) is 0 Å². The molecule has 0 aromatic heterocycles. The molecule has 2 fully saturated rings. The van der Waals surface area contributed by atoms with E-state index in [2.05, 4.69) is 0 Å². The zero-order valence-electron chi connectivity index (χ0n) is 8.87. The zero-order valence-corrected chi connectivity index (χ0v) is 14.2. The van der Waals surface area contributed by atoms with Gasteiger partial charge in [-0.1, -0.05) is 6.92 Å². The fourth-order valence-electron chi connectivity index (χ4n) is 3.55. The zero-order chi connectivity index (χ0) is 13.2. The molecule has 2 saturated carbocycles. The number of hydrogen-bond acceptors (Lipinski definition) is 0. The molecule has 0 aliphatic heterocycles. The van der Waals surface area contributed by atoms with Crippen LogP contribution in [0.3, 0.4) is 0 Å². The van der Waals surface area contributed by atoms with E-state index in [0.717, 1.165) is 0 Å². The topological polar surface area (TPSA) is 0 Å². The van der Waals surface area contributed by atoms with E-state index in [1.165, 1.54) is 0 Å². The van der Waals surface area contributed by atoms with Gasteiger partial charge in [-0.2, -0.15) is 0 Å². The van der Waals surface area contributed by atoms with Crippen molar-refractivity contribution in [3.8, 4) is 0 Å². The Morgan fingerprint density at radius 3 is 1.94 bits per heavy atom. The molecule has 0 heterocycles. The average Bonchev–Trinajstić information content (AvgIpc) is 2.50. The summed E-state index contributed by atoms with van der Waals surface area (Å²) in [6.07, 6.45) is 1.03. The summed E-state index contributed by atoms with van der Waals surface area (Å²) in [4.78, 5) is -1.38. The second kappa shape index (κ2) is 4.52. The van der Waals surface area contributed by atoms with Crippen LogP contribution >= 0.6 is 81.2 Å². The SMILES string of the molecule is CC1(C(Cl)Cl)[C@@H]2C[C@H](Cl)[C@@]1(C(Cl)Cl)CC2(Cl)Cl. The second-order valence-electron chi connectivity index (χ2n) is 5.12. The number of fused-ring (bicyclic) bond motifs is 2. The van der Waals surface area contributed by atoms with Crippen LogP contribution in [0.2, 0.25) is 0 Å². The molecule has 7 heteroatoms. The highest BCUT2D eigenvalue weighted by Crippen LogP contribution is 2.77. The van der Waals surface area contributed by atoms with Crippen LogP contribution in [0.5, 0.6) is 0 Å². The van der Waals surface area contributed by atoms with E-state index < -0.39 is 24.8 Å². The van der Waals surface area contributed by atoms with Gasteiger partial charge in [-0.05, 0) is 12.8 Å². The summed E-state index contributed by atoms with van der Waals surface area (Å²) >= 11 is 43.8. The Kier molecular flexibility index (Phi) is 4.10. The summed E-state index contributed by atoms with van der Waals surface area (Å²) in [7, 11) is 0. The molecule has 0 N–H and O–H groups in total. The monoisotopic (exact) mass is 376 g/mol. The molecule has 0 aromatic carbocycles. The number of alkyl halides is 7. The predicted octanol–water partition coefficient (Wildman–Crippen LogP) is 5.79. The van der Waals surface area contributed by atoms with Crippen molar-refractivity contribution in [1.29, 1.82) is 0 Å². The van der Waals surface area contributed by atoms with Gasteiger partial charge in [0.1, 0.15) is 14.0 Å². The van der Waals surface area contributed by atoms with Gasteiger partial charge in [0.05, 0.1) is 0 Å². The van der Waals surface area contributed by atoms with Crippen molar-refractivity contribution in [3.63, 3.8) is 0 Å². The van der Waals surface area contributed by atoms with Crippen molar-refractivity contribution in [2.45, 2.75) is 39.1 Å². The molecule has 0 spiro atoms. The smallest absolute Gasteiger partial charge is 0.122 e. The first-order valence-electron chi connectivity index (χ1n) is 5.19. The highest BCUT2D eigenvalue weighted by Gasteiger charge is 2.77. The first-order valence-corrected chi connectivity index (χ1v) is 8.12. The molecule has 4 atom stereocenters. The largest absolute Gasteiger partial charge is 0.122 e. The van der Waals surface area contributed by atoms with Gasteiger partial charge in [0.15, 0.2) is 0 Å². The first-order chi connectivity index (χ1) is 7.60. The fraction of sp³-hybridized carbons (Fsp3) is 1.00. The summed E-state index contributed by atoms with van der Waals surface area (Å²) in [5, 5.41) is -0.219. The van der Waals surface area contributed by atoms with Crippen molar-refractivity contribution < 1.29 is 0 Å². The lowest BCUT2D eigenvalue weighted by molar-refractivity contribution is 0.140. The maximum atomic E-state index is 6.41. The van der Waals surface area contributed by atoms with Gasteiger partial charge < -0.3 is 0 Å². The van der Waals surface area contributed by atoms with Crippen LogP contribution in [0.4, 0.5) is 0 Å². The lowest BCUT2D eigenvalue weighted by Crippen LogP contribution is -2.47. The number of rotatable bonds is 2. The Morgan fingerprint density at radius 2 is 1.59 bits per heavy atom. The summed E-state index contributed by atoms with van der Waals surface area (Å²) in [5.74, 6) is -0.110. The molecular formula is C10H11Cl7. The molecule has 0 saturated heterocycles. The molecule has 2 aliphatic rings. The molecule has 0 amide bonds. The highest BCUT2D eigenvalue weighted by atomic mass is 35.5. The van der Waals surface area contributed by atoms with Crippen molar-refractivity contribution >= 4 is 81.2 Å². The van der Waals surface area contributed by atoms with E-state index >= 15 is 0 Å². The Balaban J connectivity index is 2.59. The Hall–Kier alpha value is 2.03. The van der Waals surface area contributed by atoms with Crippen LogP contribution in [0.1, 0.15) is 19.8 Å². The van der Waals surface area contributed by atoms with Crippen molar-refractivity contribution in [3.05, 3.63) is 0 Å². The van der Waals surface area contributed by atoms with E-state index in [-0.39, 0.29) is 11.3 Å². The Labute approximate surface area is 136 Å². The molecule has 1 unspecified atom stereocenters. The molecule has 0 aromatic rings. The van der Waals surface area contributed by atoms with E-state index in [9.17, 15) is 0 Å². The number of halogens is 7. The lowest BCUT2D eigenvalue weighted by atomic mass is 9.70. The third kappa shape index (κ3) is 1.78. The molecule has 2 rings (SSSR count). The van der Waals surface area contributed by atoms with Gasteiger partial charge >= 0.3 is 0 Å². The quantitative estimate of drug-likeness (QED) is 0.533.